The van der Waals surface area contributed by atoms with Crippen LogP contribution in [0.15, 0.2) is 18.3 Å². The van der Waals surface area contributed by atoms with Crippen LogP contribution in [0.25, 0.3) is 0 Å². The third-order valence-corrected chi connectivity index (χ3v) is 4.07. The van der Waals surface area contributed by atoms with E-state index >= 15 is 0 Å². The zero-order chi connectivity index (χ0) is 14.8. The van der Waals surface area contributed by atoms with E-state index in [0.717, 1.165) is 18.3 Å². The Balaban J connectivity index is 2.89. The predicted molar refractivity (Wildman–Crippen MR) is 68.7 cm³/mol. The summed E-state index contributed by atoms with van der Waals surface area (Å²) in [7, 11) is -1.37. The molecule has 19 heavy (non-hydrogen) atoms. The fourth-order valence-corrected chi connectivity index (χ4v) is 2.05. The van der Waals surface area contributed by atoms with E-state index in [9.17, 15) is 17.4 Å². The zero-order valence-electron chi connectivity index (χ0n) is 11.2. The molecule has 7 heteroatoms. The van der Waals surface area contributed by atoms with Crippen molar-refractivity contribution in [3.8, 4) is 0 Å². The molecule has 0 amide bonds. The van der Waals surface area contributed by atoms with Gasteiger partial charge in [-0.1, -0.05) is 0 Å². The molecule has 1 aromatic heterocycles. The van der Waals surface area contributed by atoms with Crippen molar-refractivity contribution in [2.45, 2.75) is 44.7 Å². The number of pyridine rings is 1. The van der Waals surface area contributed by atoms with E-state index in [1.54, 1.807) is 27.7 Å². The molecule has 2 unspecified atom stereocenters. The fraction of sp³-hybridized carbons (Fsp3) is 0.583. The maximum Gasteiger partial charge on any atom is 0.416 e. The maximum atomic E-state index is 12.6. The molecule has 0 saturated heterocycles. The van der Waals surface area contributed by atoms with E-state index in [4.69, 9.17) is 0 Å². The van der Waals surface area contributed by atoms with Gasteiger partial charge in [-0.3, -0.25) is 4.98 Å². The van der Waals surface area contributed by atoms with Crippen LogP contribution in [-0.2, 0) is 17.2 Å². The first-order valence-electron chi connectivity index (χ1n) is 5.73. The number of nitrogens with one attached hydrogen (secondary N) is 1. The summed E-state index contributed by atoms with van der Waals surface area (Å²) in [4.78, 5) is 3.89. The molecule has 0 saturated carbocycles. The highest BCUT2D eigenvalue weighted by Crippen LogP contribution is 2.30. The average molecular weight is 294 g/mol. The van der Waals surface area contributed by atoms with Gasteiger partial charge in [-0.15, -0.1) is 0 Å². The highest BCUT2D eigenvalue weighted by molar-refractivity contribution is 7.84. The molecule has 0 aliphatic heterocycles. The fourth-order valence-electron chi connectivity index (χ4n) is 1.26. The van der Waals surface area contributed by atoms with Crippen molar-refractivity contribution >= 4 is 11.0 Å². The van der Waals surface area contributed by atoms with Crippen molar-refractivity contribution in [3.63, 3.8) is 0 Å². The van der Waals surface area contributed by atoms with Crippen LogP contribution < -0.4 is 4.72 Å². The van der Waals surface area contributed by atoms with Gasteiger partial charge in [-0.25, -0.2) is 8.93 Å². The van der Waals surface area contributed by atoms with Crippen molar-refractivity contribution in [1.82, 2.24) is 9.71 Å². The van der Waals surface area contributed by atoms with Gasteiger partial charge in [-0.2, -0.15) is 13.2 Å². The third-order valence-electron chi connectivity index (χ3n) is 2.39. The maximum absolute atomic E-state index is 12.6. The van der Waals surface area contributed by atoms with Crippen molar-refractivity contribution in [1.29, 1.82) is 0 Å². The summed E-state index contributed by atoms with van der Waals surface area (Å²) in [6.07, 6.45) is -3.29. The normalized spacial score (nSPS) is 16.2. The average Bonchev–Trinajstić information content (AvgIpc) is 2.26. The first-order valence-corrected chi connectivity index (χ1v) is 6.88. The van der Waals surface area contributed by atoms with Crippen LogP contribution in [0.1, 0.15) is 45.0 Å². The molecule has 0 aromatic carbocycles. The smallest absolute Gasteiger partial charge is 0.260 e. The van der Waals surface area contributed by atoms with Gasteiger partial charge >= 0.3 is 6.18 Å². The van der Waals surface area contributed by atoms with Crippen LogP contribution in [-0.4, -0.2) is 13.9 Å². The lowest BCUT2D eigenvalue weighted by molar-refractivity contribution is -0.137. The zero-order valence-corrected chi connectivity index (χ0v) is 12.0. The van der Waals surface area contributed by atoms with Gasteiger partial charge < -0.3 is 0 Å². The van der Waals surface area contributed by atoms with Gasteiger partial charge in [0, 0.05) is 6.20 Å². The summed E-state index contributed by atoms with van der Waals surface area (Å²) in [5.41, 5.74) is -0.542. The molecule has 0 aliphatic rings. The summed E-state index contributed by atoms with van der Waals surface area (Å²) < 4.78 is 51.9. The van der Waals surface area contributed by atoms with Crippen LogP contribution in [0.2, 0.25) is 0 Å². The molecule has 0 aliphatic carbocycles. The standard InChI is InChI=1S/C12H17F3N2OS/c1-8(17-19(18)11(2,3)4)10-7-9(5-6-16-10)12(13,14)15/h5-8,17H,1-4H3. The minimum atomic E-state index is -4.40. The highest BCUT2D eigenvalue weighted by Gasteiger charge is 2.31. The second-order valence-corrected chi connectivity index (χ2v) is 7.19. The number of rotatable bonds is 3. The minimum absolute atomic E-state index is 0.215. The molecule has 0 radical (unpaired) electrons. The lowest BCUT2D eigenvalue weighted by atomic mass is 10.1. The molecule has 1 rings (SSSR count). The van der Waals surface area contributed by atoms with Gasteiger partial charge in [0.05, 0.1) is 33.0 Å². The van der Waals surface area contributed by atoms with Gasteiger partial charge in [0.2, 0.25) is 0 Å². The van der Waals surface area contributed by atoms with Crippen molar-refractivity contribution < 1.29 is 17.4 Å². The Kier molecular flexibility index (Phi) is 4.73. The molecule has 0 fully saturated rings. The first-order chi connectivity index (χ1) is 8.51. The molecule has 108 valence electrons. The largest absolute Gasteiger partial charge is 0.416 e. The molecular weight excluding hydrogens is 277 g/mol. The second-order valence-electron chi connectivity index (χ2n) is 5.19. The monoisotopic (exact) mass is 294 g/mol. The Labute approximate surface area is 113 Å². The van der Waals surface area contributed by atoms with E-state index in [1.807, 2.05) is 0 Å². The first kappa shape index (κ1) is 16.1. The van der Waals surface area contributed by atoms with Gasteiger partial charge in [0.1, 0.15) is 0 Å². The summed E-state index contributed by atoms with van der Waals surface area (Å²) >= 11 is 0. The molecule has 2 atom stereocenters. The molecule has 1 aromatic rings. The summed E-state index contributed by atoms with van der Waals surface area (Å²) in [5, 5.41) is 0. The van der Waals surface area contributed by atoms with Crippen LogP contribution in [0.5, 0.6) is 0 Å². The molecule has 1 N–H and O–H groups in total. The van der Waals surface area contributed by atoms with E-state index in [-0.39, 0.29) is 5.69 Å². The number of aromatic nitrogens is 1. The van der Waals surface area contributed by atoms with Gasteiger partial charge in [-0.05, 0) is 39.8 Å². The molecule has 0 bridgehead atoms. The molecule has 3 nitrogen and oxygen atoms in total. The van der Waals surface area contributed by atoms with Crippen LogP contribution >= 0.6 is 0 Å². The Morgan fingerprint density at radius 2 is 1.89 bits per heavy atom. The van der Waals surface area contributed by atoms with Crippen molar-refractivity contribution in [2.75, 3.05) is 0 Å². The number of halogens is 3. The van der Waals surface area contributed by atoms with Crippen LogP contribution in [0.3, 0.4) is 0 Å². The van der Waals surface area contributed by atoms with Crippen molar-refractivity contribution in [2.24, 2.45) is 0 Å². The molecule has 0 spiro atoms. The highest BCUT2D eigenvalue weighted by atomic mass is 32.2. The summed E-state index contributed by atoms with van der Waals surface area (Å²) in [6.45, 7) is 6.97. The third kappa shape index (κ3) is 4.58. The number of nitrogens with zero attached hydrogens (tertiary/aromatic N) is 1. The van der Waals surface area contributed by atoms with E-state index in [2.05, 4.69) is 9.71 Å². The topological polar surface area (TPSA) is 42.0 Å². The lowest BCUT2D eigenvalue weighted by Gasteiger charge is -2.22. The number of hydrogen-bond donors (Lipinski definition) is 1. The minimum Gasteiger partial charge on any atom is -0.260 e. The van der Waals surface area contributed by atoms with Gasteiger partial charge in [0.15, 0.2) is 0 Å². The SMILES string of the molecule is CC(NS(=O)C(C)(C)C)c1cc(C(F)(F)F)ccn1. The quantitative estimate of drug-likeness (QED) is 0.930. The number of alkyl halides is 3. The molecule has 1 heterocycles. The van der Waals surface area contributed by atoms with Gasteiger partial charge in [0.25, 0.3) is 0 Å². The molecular formula is C12H17F3N2OS. The second kappa shape index (κ2) is 5.58. The summed E-state index contributed by atoms with van der Waals surface area (Å²) in [6, 6.07) is 1.36. The van der Waals surface area contributed by atoms with Crippen LogP contribution in [0, 0.1) is 0 Å². The van der Waals surface area contributed by atoms with E-state index in [0.29, 0.717) is 0 Å². The Hall–Kier alpha value is -0.950. The summed E-state index contributed by atoms with van der Waals surface area (Å²) in [5.74, 6) is 0. The predicted octanol–water partition coefficient (Wildman–Crippen LogP) is 3.21. The lowest BCUT2D eigenvalue weighted by Crippen LogP contribution is -2.35. The van der Waals surface area contributed by atoms with E-state index in [1.165, 1.54) is 0 Å². The Morgan fingerprint density at radius 1 is 1.32 bits per heavy atom. The Morgan fingerprint density at radius 3 is 2.37 bits per heavy atom. The number of hydrogen-bond acceptors (Lipinski definition) is 2. The van der Waals surface area contributed by atoms with E-state index < -0.39 is 33.5 Å². The van der Waals surface area contributed by atoms with Crippen molar-refractivity contribution in [3.05, 3.63) is 29.6 Å². The Bertz CT molecular complexity index is 469. The van der Waals surface area contributed by atoms with Crippen LogP contribution in [0.4, 0.5) is 13.2 Å².